The first-order valence-electron chi connectivity index (χ1n) is 12.7. The highest BCUT2D eigenvalue weighted by atomic mass is 16.6. The average molecular weight is 530 g/mol. The van der Waals surface area contributed by atoms with Gasteiger partial charge in [-0.1, -0.05) is 18.2 Å². The van der Waals surface area contributed by atoms with Crippen LogP contribution in [-0.4, -0.2) is 67.4 Å². The van der Waals surface area contributed by atoms with Crippen LogP contribution >= 0.6 is 0 Å². The van der Waals surface area contributed by atoms with Crippen LogP contribution in [-0.2, 0) is 9.53 Å². The molecule has 2 aromatic heterocycles. The molecule has 1 fully saturated rings. The first-order valence-corrected chi connectivity index (χ1v) is 12.7. The number of benzene rings is 2. The molecule has 1 atom stereocenters. The fourth-order valence-corrected chi connectivity index (χ4v) is 4.59. The molecule has 3 heterocycles. The summed E-state index contributed by atoms with van der Waals surface area (Å²) >= 11 is 0. The summed E-state index contributed by atoms with van der Waals surface area (Å²) in [5.74, 6) is 1.78. The highest BCUT2D eigenvalue weighted by Crippen LogP contribution is 2.35. The van der Waals surface area contributed by atoms with Gasteiger partial charge in [-0.15, -0.1) is 0 Å². The van der Waals surface area contributed by atoms with Crippen LogP contribution in [0, 0.1) is 0 Å². The normalized spacial score (nSPS) is 15.8. The van der Waals surface area contributed by atoms with Gasteiger partial charge in [0.2, 0.25) is 0 Å². The number of hydrogen-bond acceptors (Lipinski definition) is 9. The number of nitrogen functional groups attached to an aromatic ring is 1. The molecular weight excluding hydrogens is 498 g/mol. The Balaban J connectivity index is 1.42. The molecule has 202 valence electrons. The van der Waals surface area contributed by atoms with Gasteiger partial charge in [0.05, 0.1) is 18.0 Å². The van der Waals surface area contributed by atoms with Crippen molar-refractivity contribution >= 4 is 29.2 Å². The minimum absolute atomic E-state index is 0.0980. The van der Waals surface area contributed by atoms with Crippen molar-refractivity contribution in [2.24, 2.45) is 0 Å². The number of nitrogens with zero attached hydrogens (tertiary/aromatic N) is 6. The third-order valence-electron chi connectivity index (χ3n) is 6.31. The fourth-order valence-electron chi connectivity index (χ4n) is 4.59. The minimum Gasteiger partial charge on any atom is -0.457 e. The maximum absolute atomic E-state index is 12.8. The Morgan fingerprint density at radius 2 is 1.82 bits per heavy atom. The van der Waals surface area contributed by atoms with E-state index in [-0.39, 0.29) is 12.6 Å². The number of hydrogen-bond donors (Lipinski definition) is 1. The monoisotopic (exact) mass is 529 g/mol. The second-order valence-electron chi connectivity index (χ2n) is 10.3. The van der Waals surface area contributed by atoms with E-state index in [0.29, 0.717) is 54.1 Å². The van der Waals surface area contributed by atoms with Crippen molar-refractivity contribution < 1.29 is 19.1 Å². The summed E-state index contributed by atoms with van der Waals surface area (Å²) < 4.78 is 13.3. The zero-order valence-corrected chi connectivity index (χ0v) is 22.2. The van der Waals surface area contributed by atoms with E-state index in [0.717, 1.165) is 11.3 Å². The molecule has 1 unspecified atom stereocenters. The molecule has 2 aromatic carbocycles. The van der Waals surface area contributed by atoms with E-state index in [1.54, 1.807) is 20.8 Å². The number of ether oxygens (including phenoxy) is 2. The van der Waals surface area contributed by atoms with Crippen LogP contribution in [0.2, 0.25) is 0 Å². The Bertz CT molecular complexity index is 1470. The summed E-state index contributed by atoms with van der Waals surface area (Å²) in [7, 11) is 0. The maximum atomic E-state index is 12.8. The van der Waals surface area contributed by atoms with E-state index in [1.807, 2.05) is 64.3 Å². The molecule has 1 saturated heterocycles. The van der Waals surface area contributed by atoms with Crippen LogP contribution in [0.5, 0.6) is 11.5 Å². The zero-order valence-electron chi connectivity index (χ0n) is 22.2. The Morgan fingerprint density at radius 1 is 1.10 bits per heavy atom. The quantitative estimate of drug-likeness (QED) is 0.345. The molecule has 1 aliphatic heterocycles. The SMILES string of the molecule is CC(C)(C)OC(=O)N(CC=O)N1CCC(n2nc(-c3ccc(Oc4ccccc4)cc3)c3c(N)ncnc32)C1. The van der Waals surface area contributed by atoms with Gasteiger partial charge in [0.1, 0.15) is 41.2 Å². The van der Waals surface area contributed by atoms with E-state index in [1.165, 1.54) is 11.3 Å². The first-order chi connectivity index (χ1) is 18.7. The second kappa shape index (κ2) is 10.7. The molecular formula is C28H31N7O4. The van der Waals surface area contributed by atoms with Gasteiger partial charge in [0.15, 0.2) is 5.65 Å². The van der Waals surface area contributed by atoms with Crippen LogP contribution in [0.3, 0.4) is 0 Å². The van der Waals surface area contributed by atoms with Crippen molar-refractivity contribution in [3.05, 3.63) is 60.9 Å². The zero-order chi connectivity index (χ0) is 27.6. The van der Waals surface area contributed by atoms with Gasteiger partial charge < -0.3 is 20.0 Å². The van der Waals surface area contributed by atoms with Crippen LogP contribution in [0.1, 0.15) is 33.2 Å². The molecule has 0 spiro atoms. The van der Waals surface area contributed by atoms with Gasteiger partial charge in [-0.2, -0.15) is 5.10 Å². The number of para-hydroxylation sites is 1. The molecule has 11 heteroatoms. The Hall–Kier alpha value is -4.51. The number of aldehydes is 1. The third kappa shape index (κ3) is 5.68. The summed E-state index contributed by atoms with van der Waals surface area (Å²) in [5.41, 5.74) is 7.73. The van der Waals surface area contributed by atoms with Gasteiger partial charge in [0, 0.05) is 18.7 Å². The molecule has 0 saturated carbocycles. The van der Waals surface area contributed by atoms with Crippen molar-refractivity contribution in [1.29, 1.82) is 0 Å². The number of carbonyl (C=O) groups excluding carboxylic acids is 2. The number of hydrazine groups is 1. The van der Waals surface area contributed by atoms with Crippen molar-refractivity contribution in [3.8, 4) is 22.8 Å². The molecule has 4 aromatic rings. The van der Waals surface area contributed by atoms with Gasteiger partial charge in [0.25, 0.3) is 0 Å². The van der Waals surface area contributed by atoms with E-state index in [4.69, 9.17) is 20.3 Å². The number of aromatic nitrogens is 4. The van der Waals surface area contributed by atoms with Gasteiger partial charge in [-0.3, -0.25) is 0 Å². The molecule has 1 amide bonds. The van der Waals surface area contributed by atoms with E-state index >= 15 is 0 Å². The predicted octanol–water partition coefficient (Wildman–Crippen LogP) is 4.47. The Morgan fingerprint density at radius 3 is 2.51 bits per heavy atom. The lowest BCUT2D eigenvalue weighted by molar-refractivity contribution is -0.113. The highest BCUT2D eigenvalue weighted by Gasteiger charge is 2.35. The summed E-state index contributed by atoms with van der Waals surface area (Å²) in [6, 6.07) is 17.0. The number of fused-ring (bicyclic) bond motifs is 1. The predicted molar refractivity (Wildman–Crippen MR) is 146 cm³/mol. The largest absolute Gasteiger partial charge is 0.457 e. The second-order valence-corrected chi connectivity index (χ2v) is 10.3. The van der Waals surface area contributed by atoms with E-state index in [9.17, 15) is 9.59 Å². The molecule has 1 aliphatic rings. The lowest BCUT2D eigenvalue weighted by Gasteiger charge is -2.32. The van der Waals surface area contributed by atoms with Crippen molar-refractivity contribution in [1.82, 2.24) is 29.8 Å². The summed E-state index contributed by atoms with van der Waals surface area (Å²) in [4.78, 5) is 32.9. The topological polar surface area (TPSA) is 129 Å². The van der Waals surface area contributed by atoms with E-state index in [2.05, 4.69) is 9.97 Å². The molecule has 11 nitrogen and oxygen atoms in total. The summed E-state index contributed by atoms with van der Waals surface area (Å²) in [6.07, 6.45) is 2.23. The van der Waals surface area contributed by atoms with Crippen molar-refractivity contribution in [2.75, 3.05) is 25.4 Å². The first kappa shape index (κ1) is 26.1. The van der Waals surface area contributed by atoms with Crippen LogP contribution in [0.4, 0.5) is 10.6 Å². The minimum atomic E-state index is -0.680. The van der Waals surface area contributed by atoms with Crippen LogP contribution in [0.25, 0.3) is 22.3 Å². The molecule has 0 radical (unpaired) electrons. The summed E-state index contributed by atoms with van der Waals surface area (Å²) in [5, 5.41) is 8.75. The number of rotatable bonds is 7. The lowest BCUT2D eigenvalue weighted by atomic mass is 10.1. The Kier molecular flexibility index (Phi) is 7.16. The lowest BCUT2D eigenvalue weighted by Crippen LogP contribution is -2.48. The molecule has 0 bridgehead atoms. The molecule has 2 N–H and O–H groups in total. The van der Waals surface area contributed by atoms with Crippen LogP contribution in [0.15, 0.2) is 60.9 Å². The Labute approximate surface area is 226 Å². The van der Waals surface area contributed by atoms with Crippen LogP contribution < -0.4 is 10.5 Å². The molecule has 5 rings (SSSR count). The standard InChI is InChI=1S/C28H31N7O4/c1-28(2,3)39-27(37)34(15-16-36)33-14-13-20(17-33)35-26-23(25(29)30-18-31-26)24(32-35)19-9-11-22(12-10-19)38-21-7-5-4-6-8-21/h4-12,16,18,20H,13-15,17H2,1-3H3,(H2,29,30,31). The van der Waals surface area contributed by atoms with Gasteiger partial charge in [-0.25, -0.2) is 29.5 Å². The smallest absolute Gasteiger partial charge is 0.425 e. The number of nitrogens with two attached hydrogens (primary N) is 1. The highest BCUT2D eigenvalue weighted by molar-refractivity contribution is 5.98. The molecule has 0 aliphatic carbocycles. The third-order valence-corrected chi connectivity index (χ3v) is 6.31. The number of amides is 1. The average Bonchev–Trinajstić information content (AvgIpc) is 3.53. The van der Waals surface area contributed by atoms with Crippen molar-refractivity contribution in [3.63, 3.8) is 0 Å². The number of carbonyl (C=O) groups is 2. The van der Waals surface area contributed by atoms with Crippen molar-refractivity contribution in [2.45, 2.75) is 38.8 Å². The number of anilines is 1. The van der Waals surface area contributed by atoms with E-state index < -0.39 is 11.7 Å². The fraction of sp³-hybridized carbons (Fsp3) is 0.321. The maximum Gasteiger partial charge on any atom is 0.425 e. The summed E-state index contributed by atoms with van der Waals surface area (Å²) in [6.45, 7) is 6.26. The molecule has 39 heavy (non-hydrogen) atoms. The van der Waals surface area contributed by atoms with Gasteiger partial charge in [-0.05, 0) is 63.6 Å². The van der Waals surface area contributed by atoms with Gasteiger partial charge >= 0.3 is 6.09 Å².